The first-order valence-corrected chi connectivity index (χ1v) is 15.9. The first kappa shape index (κ1) is 27.8. The van der Waals surface area contributed by atoms with Crippen LogP contribution in [-0.2, 0) is 24.8 Å². The number of benzene rings is 2. The van der Waals surface area contributed by atoms with Gasteiger partial charge in [-0.25, -0.2) is 21.6 Å². The Kier molecular flexibility index (Phi) is 8.21. The third-order valence-electron chi connectivity index (χ3n) is 5.76. The molecule has 0 saturated carbocycles. The average Bonchev–Trinajstić information content (AvgIpc) is 3.35. The Morgan fingerprint density at radius 1 is 0.947 bits per heavy atom. The molecule has 1 fully saturated rings. The molecule has 0 unspecified atom stereocenters. The molecule has 38 heavy (non-hydrogen) atoms. The van der Waals surface area contributed by atoms with E-state index >= 15 is 0 Å². The SMILES string of the molecule is CCOC(=O)c1cc(-c2ccccc2)sc1S(=O)(=O)N1CCN(C(=O)c2cccc(NS(C)(=O)=O)c2)CC1. The Morgan fingerprint density at radius 3 is 2.26 bits per heavy atom. The van der Waals surface area contributed by atoms with Crippen molar-refractivity contribution in [2.24, 2.45) is 0 Å². The molecule has 0 radical (unpaired) electrons. The van der Waals surface area contributed by atoms with E-state index < -0.39 is 26.0 Å². The molecule has 1 saturated heterocycles. The van der Waals surface area contributed by atoms with Crippen LogP contribution < -0.4 is 4.72 Å². The number of hydrogen-bond acceptors (Lipinski definition) is 8. The number of sulfonamides is 2. The second-order valence-electron chi connectivity index (χ2n) is 8.55. The van der Waals surface area contributed by atoms with Crippen LogP contribution in [0.15, 0.2) is 64.9 Å². The number of nitrogens with zero attached hydrogens (tertiary/aromatic N) is 2. The largest absolute Gasteiger partial charge is 0.462 e. The number of anilines is 1. The van der Waals surface area contributed by atoms with Crippen LogP contribution in [0.2, 0.25) is 0 Å². The molecular formula is C25H27N3O7S3. The summed E-state index contributed by atoms with van der Waals surface area (Å²) >= 11 is 1.01. The predicted molar refractivity (Wildman–Crippen MR) is 145 cm³/mol. The fourth-order valence-corrected chi connectivity index (χ4v) is 7.77. The Labute approximate surface area is 225 Å². The zero-order valence-electron chi connectivity index (χ0n) is 20.8. The molecule has 10 nitrogen and oxygen atoms in total. The molecule has 1 N–H and O–H groups in total. The minimum atomic E-state index is -4.05. The Bertz CT molecular complexity index is 1540. The van der Waals surface area contributed by atoms with E-state index in [0.717, 1.165) is 23.2 Å². The van der Waals surface area contributed by atoms with E-state index in [2.05, 4.69) is 4.72 Å². The van der Waals surface area contributed by atoms with Gasteiger partial charge in [0.25, 0.3) is 15.9 Å². The number of carbonyl (C=O) groups is 2. The maximum atomic E-state index is 13.6. The van der Waals surface area contributed by atoms with Gasteiger partial charge in [0.15, 0.2) is 0 Å². The maximum absolute atomic E-state index is 13.6. The molecule has 0 aliphatic carbocycles. The molecule has 2 aromatic carbocycles. The summed E-state index contributed by atoms with van der Waals surface area (Å²) in [6, 6.07) is 16.8. The van der Waals surface area contributed by atoms with Crippen molar-refractivity contribution in [2.45, 2.75) is 11.1 Å². The van der Waals surface area contributed by atoms with E-state index in [0.29, 0.717) is 4.88 Å². The topological polar surface area (TPSA) is 130 Å². The molecule has 1 aliphatic rings. The molecular weight excluding hydrogens is 550 g/mol. The van der Waals surface area contributed by atoms with Gasteiger partial charge in [-0.2, -0.15) is 4.31 Å². The second kappa shape index (κ2) is 11.2. The lowest BCUT2D eigenvalue weighted by molar-refractivity contribution is 0.0522. The van der Waals surface area contributed by atoms with Crippen LogP contribution in [0.4, 0.5) is 5.69 Å². The van der Waals surface area contributed by atoms with Crippen LogP contribution in [0.3, 0.4) is 0 Å². The van der Waals surface area contributed by atoms with Crippen LogP contribution in [0.1, 0.15) is 27.6 Å². The summed E-state index contributed by atoms with van der Waals surface area (Å²) in [5, 5.41) is 0. The molecule has 3 aromatic rings. The molecule has 0 bridgehead atoms. The van der Waals surface area contributed by atoms with Crippen LogP contribution in [0.25, 0.3) is 10.4 Å². The van der Waals surface area contributed by atoms with Gasteiger partial charge in [-0.05, 0) is 36.8 Å². The molecule has 4 rings (SSSR count). The highest BCUT2D eigenvalue weighted by atomic mass is 32.2. The van der Waals surface area contributed by atoms with Crippen molar-refractivity contribution in [1.82, 2.24) is 9.21 Å². The molecule has 2 heterocycles. The van der Waals surface area contributed by atoms with Crippen molar-refractivity contribution in [2.75, 3.05) is 43.8 Å². The van der Waals surface area contributed by atoms with Gasteiger partial charge < -0.3 is 9.64 Å². The fourth-order valence-electron chi connectivity index (χ4n) is 4.02. The van der Waals surface area contributed by atoms with Gasteiger partial charge in [0.1, 0.15) is 4.21 Å². The fraction of sp³-hybridized carbons (Fsp3) is 0.280. The number of nitrogens with one attached hydrogen (secondary N) is 1. The molecule has 202 valence electrons. The lowest BCUT2D eigenvalue weighted by Gasteiger charge is -2.34. The standard InChI is InChI=1S/C25H27N3O7S3/c1-3-35-24(30)21-17-22(18-8-5-4-6-9-18)36-25(21)38(33,34)28-14-12-27(13-15-28)23(29)19-10-7-11-20(16-19)26-37(2,31)32/h4-11,16-17,26H,3,12-15H2,1-2H3. The summed E-state index contributed by atoms with van der Waals surface area (Å²) in [4.78, 5) is 27.8. The van der Waals surface area contributed by atoms with Crippen LogP contribution >= 0.6 is 11.3 Å². The first-order valence-electron chi connectivity index (χ1n) is 11.7. The zero-order valence-corrected chi connectivity index (χ0v) is 23.2. The van der Waals surface area contributed by atoms with Gasteiger partial charge in [-0.15, -0.1) is 11.3 Å². The van der Waals surface area contributed by atoms with Crippen LogP contribution in [0, 0.1) is 0 Å². The summed E-state index contributed by atoms with van der Waals surface area (Å²) in [7, 11) is -7.55. The summed E-state index contributed by atoms with van der Waals surface area (Å²) in [6.45, 7) is 2.10. The van der Waals surface area contributed by atoms with Gasteiger partial charge in [0, 0.05) is 42.3 Å². The van der Waals surface area contributed by atoms with Gasteiger partial charge in [-0.1, -0.05) is 36.4 Å². The van der Waals surface area contributed by atoms with E-state index in [-0.39, 0.29) is 59.7 Å². The summed E-state index contributed by atoms with van der Waals surface area (Å²) < 4.78 is 59.0. The zero-order chi connectivity index (χ0) is 27.5. The van der Waals surface area contributed by atoms with Gasteiger partial charge in [0.05, 0.1) is 18.4 Å². The third kappa shape index (κ3) is 6.23. The van der Waals surface area contributed by atoms with Crippen molar-refractivity contribution in [3.8, 4) is 10.4 Å². The first-order chi connectivity index (χ1) is 18.0. The van der Waals surface area contributed by atoms with Crippen molar-refractivity contribution in [3.63, 3.8) is 0 Å². The lowest BCUT2D eigenvalue weighted by Crippen LogP contribution is -2.50. The molecule has 0 atom stereocenters. The summed E-state index contributed by atoms with van der Waals surface area (Å²) in [5.74, 6) is -1.05. The number of rotatable bonds is 8. The van der Waals surface area contributed by atoms with E-state index in [1.807, 2.05) is 30.3 Å². The number of carbonyl (C=O) groups excluding carboxylic acids is 2. The number of ether oxygens (including phenoxy) is 1. The van der Waals surface area contributed by atoms with E-state index in [9.17, 15) is 26.4 Å². The normalized spacial score (nSPS) is 14.7. The predicted octanol–water partition coefficient (Wildman–Crippen LogP) is 3.11. The van der Waals surface area contributed by atoms with Gasteiger partial charge in [-0.3, -0.25) is 9.52 Å². The van der Waals surface area contributed by atoms with Gasteiger partial charge in [0.2, 0.25) is 10.0 Å². The number of piperazine rings is 1. The Balaban J connectivity index is 1.54. The second-order valence-corrected chi connectivity index (χ2v) is 13.5. The number of esters is 1. The molecule has 1 aliphatic heterocycles. The molecule has 1 aromatic heterocycles. The molecule has 1 amide bonds. The van der Waals surface area contributed by atoms with E-state index in [1.54, 1.807) is 25.1 Å². The van der Waals surface area contributed by atoms with Crippen LogP contribution in [-0.4, -0.2) is 77.0 Å². The van der Waals surface area contributed by atoms with Crippen molar-refractivity contribution >= 4 is 48.9 Å². The minimum Gasteiger partial charge on any atom is -0.462 e. The highest BCUT2D eigenvalue weighted by Gasteiger charge is 2.35. The van der Waals surface area contributed by atoms with Gasteiger partial charge >= 0.3 is 5.97 Å². The minimum absolute atomic E-state index is 0.00981. The number of hydrogen-bond donors (Lipinski definition) is 1. The quantitative estimate of drug-likeness (QED) is 0.407. The molecule has 0 spiro atoms. The number of amides is 1. The van der Waals surface area contributed by atoms with E-state index in [1.165, 1.54) is 21.3 Å². The third-order valence-corrected chi connectivity index (χ3v) is 9.97. The van der Waals surface area contributed by atoms with Crippen molar-refractivity contribution < 1.29 is 31.2 Å². The van der Waals surface area contributed by atoms with Crippen LogP contribution in [0.5, 0.6) is 0 Å². The van der Waals surface area contributed by atoms with E-state index in [4.69, 9.17) is 4.74 Å². The maximum Gasteiger partial charge on any atom is 0.340 e. The molecule has 13 heteroatoms. The summed E-state index contributed by atoms with van der Waals surface area (Å²) in [6.07, 6.45) is 1.02. The monoisotopic (exact) mass is 577 g/mol. The highest BCUT2D eigenvalue weighted by Crippen LogP contribution is 2.36. The Hall–Kier alpha value is -3.26. The van der Waals surface area contributed by atoms with Crippen molar-refractivity contribution in [3.05, 3.63) is 71.8 Å². The summed E-state index contributed by atoms with van der Waals surface area (Å²) in [5.41, 5.74) is 1.32. The number of thiophene rings is 1. The highest BCUT2D eigenvalue weighted by molar-refractivity contribution is 7.92. The Morgan fingerprint density at radius 2 is 1.63 bits per heavy atom. The average molecular weight is 578 g/mol. The smallest absolute Gasteiger partial charge is 0.340 e. The lowest BCUT2D eigenvalue weighted by atomic mass is 10.1. The van der Waals surface area contributed by atoms with Crippen molar-refractivity contribution in [1.29, 1.82) is 0 Å².